The monoisotopic (exact) mass is 521 g/mol. The lowest BCUT2D eigenvalue weighted by molar-refractivity contribution is -0.155. The summed E-state index contributed by atoms with van der Waals surface area (Å²) in [5.41, 5.74) is -1.63. The van der Waals surface area contributed by atoms with Gasteiger partial charge in [0.1, 0.15) is 11.6 Å². The predicted molar refractivity (Wildman–Crippen MR) is 144 cm³/mol. The topological polar surface area (TPSA) is 90.4 Å². The van der Waals surface area contributed by atoms with E-state index in [1.165, 1.54) is 0 Å². The smallest absolute Gasteiger partial charge is 0.249 e. The Morgan fingerprint density at radius 1 is 1.00 bits per heavy atom. The van der Waals surface area contributed by atoms with Crippen LogP contribution in [0.15, 0.2) is 54.6 Å². The van der Waals surface area contributed by atoms with Gasteiger partial charge in [-0.05, 0) is 31.4 Å². The molecule has 2 saturated heterocycles. The molecule has 4 aliphatic heterocycles. The summed E-state index contributed by atoms with van der Waals surface area (Å²) in [6.07, 6.45) is 9.37. The molecule has 1 unspecified atom stereocenters. The highest BCUT2D eigenvalue weighted by atomic mass is 16.5. The molecule has 0 saturated carbocycles. The third-order valence-corrected chi connectivity index (χ3v) is 8.74. The zero-order valence-corrected chi connectivity index (χ0v) is 22.7. The summed E-state index contributed by atoms with van der Waals surface area (Å²) < 4.78 is 6.87. The maximum Gasteiger partial charge on any atom is 0.249 e. The number of fused-ring (bicyclic) bond motifs is 2. The van der Waals surface area contributed by atoms with Gasteiger partial charge in [-0.15, -0.1) is 0 Å². The van der Waals surface area contributed by atoms with Crippen molar-refractivity contribution in [3.8, 4) is 0 Å². The molecule has 3 amide bonds. The minimum atomic E-state index is -1.31. The quantitative estimate of drug-likeness (QED) is 0.558. The minimum absolute atomic E-state index is 0.0964. The van der Waals surface area contributed by atoms with Crippen molar-refractivity contribution in [1.82, 2.24) is 9.80 Å². The average molecular weight is 522 g/mol. The lowest BCUT2D eigenvalue weighted by Gasteiger charge is -2.41. The molecule has 1 aromatic rings. The highest BCUT2D eigenvalue weighted by Crippen LogP contribution is 2.58. The van der Waals surface area contributed by atoms with Crippen LogP contribution in [0.4, 0.5) is 5.69 Å². The molecule has 204 valence electrons. The number of ether oxygens (including phenoxy) is 1. The molecule has 5 rings (SSSR count). The van der Waals surface area contributed by atoms with Gasteiger partial charge in [0, 0.05) is 25.3 Å². The minimum Gasteiger partial charge on any atom is -0.394 e. The van der Waals surface area contributed by atoms with Crippen molar-refractivity contribution in [2.75, 3.05) is 31.1 Å². The Kier molecular flexibility index (Phi) is 6.99. The normalized spacial score (nSPS) is 33.4. The molecule has 0 aromatic heterocycles. The standard InChI is InChI=1S/C30H39N3O5/c1-5-6-16-31-17-11-15-30-24(27(36)33(25(30)28(31)37)22(19-34)20(2)3)23-26(35)32(21-12-8-7-9-13-21)18-10-14-29(23,4)38-30/h7-15,20,22-25,34H,5-6,16-19H2,1-4H3/t22-,23-,24-,25?,29+,30-/m0/s1. The number of aliphatic hydroxyl groups excluding tert-OH is 1. The van der Waals surface area contributed by atoms with Crippen LogP contribution in [0.25, 0.3) is 0 Å². The summed E-state index contributed by atoms with van der Waals surface area (Å²) in [4.78, 5) is 48.0. The van der Waals surface area contributed by atoms with Gasteiger partial charge in [-0.2, -0.15) is 0 Å². The van der Waals surface area contributed by atoms with E-state index in [0.717, 1.165) is 18.5 Å². The number of unbranched alkanes of at least 4 members (excludes halogenated alkanes) is 1. The largest absolute Gasteiger partial charge is 0.394 e. The van der Waals surface area contributed by atoms with E-state index in [0.29, 0.717) is 19.6 Å². The van der Waals surface area contributed by atoms with Gasteiger partial charge in [0.2, 0.25) is 17.7 Å². The van der Waals surface area contributed by atoms with Crippen LogP contribution in [-0.2, 0) is 19.1 Å². The number of amides is 3. The molecular formula is C30H39N3O5. The van der Waals surface area contributed by atoms with Crippen LogP contribution in [0.2, 0.25) is 0 Å². The third kappa shape index (κ3) is 3.92. The number of hydrogen-bond acceptors (Lipinski definition) is 5. The molecule has 4 heterocycles. The Morgan fingerprint density at radius 3 is 2.37 bits per heavy atom. The number of carbonyl (C=O) groups excluding carboxylic acids is 3. The third-order valence-electron chi connectivity index (χ3n) is 8.74. The molecule has 8 nitrogen and oxygen atoms in total. The van der Waals surface area contributed by atoms with E-state index in [9.17, 15) is 19.5 Å². The van der Waals surface area contributed by atoms with Crippen LogP contribution in [0.1, 0.15) is 40.5 Å². The van der Waals surface area contributed by atoms with E-state index in [4.69, 9.17) is 4.74 Å². The number of likely N-dealkylation sites (tertiary alicyclic amines) is 1. The summed E-state index contributed by atoms with van der Waals surface area (Å²) in [6, 6.07) is 7.90. The van der Waals surface area contributed by atoms with Crippen LogP contribution >= 0.6 is 0 Å². The van der Waals surface area contributed by atoms with Gasteiger partial charge < -0.3 is 24.5 Å². The SMILES string of the molecule is CCCCN1CC=C[C@]23O[C@]4(C)C=CCN(c5ccccc5)C(=O)[C@@H]4[C@H]2C(=O)N([C@@H](CO)C(C)C)C3C1=O. The number of carbonyl (C=O) groups is 3. The average Bonchev–Trinajstić information content (AvgIpc) is 3.16. The molecule has 4 aliphatic rings. The second-order valence-corrected chi connectivity index (χ2v) is 11.5. The number of benzene rings is 1. The first kappa shape index (κ1) is 26.6. The second kappa shape index (κ2) is 9.97. The fourth-order valence-electron chi connectivity index (χ4n) is 6.88. The van der Waals surface area contributed by atoms with E-state index in [2.05, 4.69) is 6.92 Å². The summed E-state index contributed by atoms with van der Waals surface area (Å²) in [6.45, 7) is 8.88. The van der Waals surface area contributed by atoms with Crippen molar-refractivity contribution < 1.29 is 24.2 Å². The Bertz CT molecular complexity index is 1150. The van der Waals surface area contributed by atoms with Gasteiger partial charge in [-0.3, -0.25) is 14.4 Å². The van der Waals surface area contributed by atoms with Crippen LogP contribution < -0.4 is 4.90 Å². The number of para-hydroxylation sites is 1. The predicted octanol–water partition coefficient (Wildman–Crippen LogP) is 2.78. The first-order valence-corrected chi connectivity index (χ1v) is 13.8. The van der Waals surface area contributed by atoms with E-state index in [1.807, 2.05) is 75.4 Å². The number of nitrogens with zero attached hydrogens (tertiary/aromatic N) is 3. The molecule has 0 bridgehead atoms. The van der Waals surface area contributed by atoms with E-state index in [1.54, 1.807) is 14.7 Å². The van der Waals surface area contributed by atoms with Crippen LogP contribution in [0, 0.1) is 17.8 Å². The lowest BCUT2D eigenvalue weighted by atomic mass is 9.74. The van der Waals surface area contributed by atoms with Gasteiger partial charge in [0.25, 0.3) is 0 Å². The maximum absolute atomic E-state index is 14.5. The molecule has 8 heteroatoms. The summed E-state index contributed by atoms with van der Waals surface area (Å²) in [5, 5.41) is 10.4. The van der Waals surface area contributed by atoms with Crippen molar-refractivity contribution in [3.63, 3.8) is 0 Å². The molecule has 0 aliphatic carbocycles. The van der Waals surface area contributed by atoms with Crippen LogP contribution in [0.3, 0.4) is 0 Å². The molecule has 1 aromatic carbocycles. The van der Waals surface area contributed by atoms with Crippen molar-refractivity contribution in [3.05, 3.63) is 54.6 Å². The molecule has 0 radical (unpaired) electrons. The number of anilines is 1. The molecular weight excluding hydrogens is 482 g/mol. The number of hydrogen-bond donors (Lipinski definition) is 1. The van der Waals surface area contributed by atoms with Crippen molar-refractivity contribution in [2.45, 2.75) is 63.8 Å². The van der Waals surface area contributed by atoms with Crippen molar-refractivity contribution in [1.29, 1.82) is 0 Å². The zero-order chi connectivity index (χ0) is 27.2. The fraction of sp³-hybridized carbons (Fsp3) is 0.567. The summed E-state index contributed by atoms with van der Waals surface area (Å²) in [7, 11) is 0. The lowest BCUT2D eigenvalue weighted by Crippen LogP contribution is -2.59. The van der Waals surface area contributed by atoms with Gasteiger partial charge >= 0.3 is 0 Å². The fourth-order valence-corrected chi connectivity index (χ4v) is 6.88. The Balaban J connectivity index is 1.65. The molecule has 1 spiro atoms. The van der Waals surface area contributed by atoms with Crippen molar-refractivity contribution in [2.24, 2.45) is 17.8 Å². The van der Waals surface area contributed by atoms with Gasteiger partial charge in [-0.25, -0.2) is 0 Å². The summed E-state index contributed by atoms with van der Waals surface area (Å²) >= 11 is 0. The van der Waals surface area contributed by atoms with Crippen molar-refractivity contribution >= 4 is 23.4 Å². The van der Waals surface area contributed by atoms with Gasteiger partial charge in [-0.1, -0.05) is 69.7 Å². The van der Waals surface area contributed by atoms with Crippen LogP contribution in [0.5, 0.6) is 0 Å². The van der Waals surface area contributed by atoms with Gasteiger partial charge in [0.15, 0.2) is 0 Å². The number of aliphatic hydroxyl groups is 1. The number of rotatable bonds is 7. The maximum atomic E-state index is 14.5. The van der Waals surface area contributed by atoms with Gasteiger partial charge in [0.05, 0.1) is 30.1 Å². The zero-order valence-electron chi connectivity index (χ0n) is 22.7. The summed E-state index contributed by atoms with van der Waals surface area (Å²) in [5.74, 6) is -2.50. The Labute approximate surface area is 224 Å². The van der Waals surface area contributed by atoms with E-state index >= 15 is 0 Å². The molecule has 38 heavy (non-hydrogen) atoms. The first-order valence-electron chi connectivity index (χ1n) is 13.8. The Hall–Kier alpha value is -2.97. The molecule has 2 fully saturated rings. The highest BCUT2D eigenvalue weighted by Gasteiger charge is 2.75. The van der Waals surface area contributed by atoms with E-state index < -0.39 is 35.1 Å². The first-order chi connectivity index (χ1) is 18.2. The molecule has 1 N–H and O–H groups in total. The van der Waals surface area contributed by atoms with E-state index in [-0.39, 0.29) is 30.2 Å². The highest BCUT2D eigenvalue weighted by molar-refractivity contribution is 6.04. The Morgan fingerprint density at radius 2 is 1.71 bits per heavy atom. The molecule has 6 atom stereocenters. The second-order valence-electron chi connectivity index (χ2n) is 11.5. The van der Waals surface area contributed by atoms with Crippen LogP contribution in [-0.4, -0.2) is 82.2 Å².